The number of aryl methyl sites for hydroxylation is 1. The van der Waals surface area contributed by atoms with Crippen molar-refractivity contribution in [3.63, 3.8) is 0 Å². The highest BCUT2D eigenvalue weighted by atomic mass is 19.4. The van der Waals surface area contributed by atoms with Crippen LogP contribution in [0.15, 0.2) is 30.5 Å². The molecule has 0 unspecified atom stereocenters. The fraction of sp³-hybridized carbons (Fsp3) is 0.154. The van der Waals surface area contributed by atoms with Gasteiger partial charge in [0.25, 0.3) is 5.69 Å². The number of rotatable bonds is 2. The number of pyridine rings is 1. The minimum Gasteiger partial charge on any atom is -0.397 e. The molecule has 2 N–H and O–H groups in total. The van der Waals surface area contributed by atoms with Gasteiger partial charge in [-0.15, -0.1) is 0 Å². The standard InChI is InChI=1S/C13H10F3N3O2/c1-7-5-11(19(20)21)8(6-9(7)13(14,15)16)12-10(17)3-2-4-18-12/h2-6H,17H2,1H3. The van der Waals surface area contributed by atoms with Crippen LogP contribution in [0.25, 0.3) is 11.3 Å². The maximum atomic E-state index is 13.0. The molecule has 0 aliphatic carbocycles. The second-order valence-corrected chi connectivity index (χ2v) is 4.38. The summed E-state index contributed by atoms with van der Waals surface area (Å²) in [5.74, 6) is 0. The SMILES string of the molecule is Cc1cc([N+](=O)[O-])c(-c2ncccc2N)cc1C(F)(F)F. The summed E-state index contributed by atoms with van der Waals surface area (Å²) in [6, 6.07) is 4.50. The van der Waals surface area contributed by atoms with Gasteiger partial charge in [-0.3, -0.25) is 15.1 Å². The van der Waals surface area contributed by atoms with Crippen molar-refractivity contribution >= 4 is 11.4 Å². The zero-order valence-corrected chi connectivity index (χ0v) is 10.8. The lowest BCUT2D eigenvalue weighted by Crippen LogP contribution is -2.09. The average molecular weight is 297 g/mol. The lowest BCUT2D eigenvalue weighted by Gasteiger charge is -2.13. The van der Waals surface area contributed by atoms with Crippen LogP contribution in [0.1, 0.15) is 11.1 Å². The molecule has 0 aliphatic rings. The molecule has 21 heavy (non-hydrogen) atoms. The molecule has 0 saturated carbocycles. The van der Waals surface area contributed by atoms with Crippen molar-refractivity contribution < 1.29 is 18.1 Å². The van der Waals surface area contributed by atoms with E-state index < -0.39 is 22.4 Å². The smallest absolute Gasteiger partial charge is 0.397 e. The molecule has 5 nitrogen and oxygen atoms in total. The fourth-order valence-electron chi connectivity index (χ4n) is 1.98. The molecule has 0 fully saturated rings. The van der Waals surface area contributed by atoms with Gasteiger partial charge >= 0.3 is 6.18 Å². The number of nitrogen functional groups attached to an aromatic ring is 1. The Morgan fingerprint density at radius 1 is 1.33 bits per heavy atom. The predicted octanol–water partition coefficient (Wildman–Crippen LogP) is 3.57. The summed E-state index contributed by atoms with van der Waals surface area (Å²) in [4.78, 5) is 14.2. The summed E-state index contributed by atoms with van der Waals surface area (Å²) in [5.41, 5.74) is 3.77. The van der Waals surface area contributed by atoms with Crippen molar-refractivity contribution in [3.8, 4) is 11.3 Å². The number of halogens is 3. The molecule has 0 amide bonds. The highest BCUT2D eigenvalue weighted by Gasteiger charge is 2.35. The molecule has 0 bridgehead atoms. The Kier molecular flexibility index (Phi) is 3.54. The van der Waals surface area contributed by atoms with Crippen LogP contribution in [-0.4, -0.2) is 9.91 Å². The van der Waals surface area contributed by atoms with Gasteiger partial charge < -0.3 is 5.73 Å². The van der Waals surface area contributed by atoms with Crippen LogP contribution in [0.4, 0.5) is 24.5 Å². The van der Waals surface area contributed by atoms with Crippen molar-refractivity contribution in [3.05, 3.63) is 51.7 Å². The molecule has 0 saturated heterocycles. The third kappa shape index (κ3) is 2.78. The third-order valence-corrected chi connectivity index (χ3v) is 2.94. The largest absolute Gasteiger partial charge is 0.416 e. The highest BCUT2D eigenvalue weighted by Crippen LogP contribution is 2.40. The summed E-state index contributed by atoms with van der Waals surface area (Å²) in [6.07, 6.45) is -3.31. The van der Waals surface area contributed by atoms with Crippen molar-refractivity contribution in [2.45, 2.75) is 13.1 Å². The monoisotopic (exact) mass is 297 g/mol. The van der Waals surface area contributed by atoms with E-state index >= 15 is 0 Å². The van der Waals surface area contributed by atoms with Gasteiger partial charge in [-0.2, -0.15) is 13.2 Å². The van der Waals surface area contributed by atoms with Crippen LogP contribution in [-0.2, 0) is 6.18 Å². The Balaban J connectivity index is 2.80. The number of nitro benzene ring substituents is 1. The van der Waals surface area contributed by atoms with E-state index in [1.165, 1.54) is 25.3 Å². The minimum absolute atomic E-state index is 0.0466. The number of nitrogens with zero attached hydrogens (tertiary/aromatic N) is 2. The van der Waals surface area contributed by atoms with E-state index in [4.69, 9.17) is 5.73 Å². The number of nitro groups is 1. The van der Waals surface area contributed by atoms with E-state index in [-0.39, 0.29) is 22.5 Å². The Morgan fingerprint density at radius 2 is 2.00 bits per heavy atom. The number of anilines is 1. The number of alkyl halides is 3. The van der Waals surface area contributed by atoms with Crippen molar-refractivity contribution in [2.75, 3.05) is 5.73 Å². The molecular formula is C13H10F3N3O2. The zero-order valence-electron chi connectivity index (χ0n) is 10.8. The van der Waals surface area contributed by atoms with Crippen LogP contribution < -0.4 is 5.73 Å². The number of nitrogens with two attached hydrogens (primary N) is 1. The van der Waals surface area contributed by atoms with Crippen LogP contribution in [0, 0.1) is 17.0 Å². The van der Waals surface area contributed by atoms with E-state index in [1.807, 2.05) is 0 Å². The Morgan fingerprint density at radius 3 is 2.52 bits per heavy atom. The maximum Gasteiger partial charge on any atom is 0.416 e. The summed E-state index contributed by atoms with van der Waals surface area (Å²) in [5, 5.41) is 11.1. The average Bonchev–Trinajstić information content (AvgIpc) is 2.38. The molecule has 2 aromatic rings. The summed E-state index contributed by atoms with van der Waals surface area (Å²) in [7, 11) is 0. The minimum atomic E-state index is -4.61. The Labute approximate surface area is 117 Å². The van der Waals surface area contributed by atoms with Gasteiger partial charge in [-0.05, 0) is 30.7 Å². The lowest BCUT2D eigenvalue weighted by atomic mass is 9.99. The Bertz CT molecular complexity index is 714. The van der Waals surface area contributed by atoms with Crippen molar-refractivity contribution in [1.29, 1.82) is 0 Å². The summed E-state index contributed by atoms with van der Waals surface area (Å²) >= 11 is 0. The van der Waals surface area contributed by atoms with Crippen LogP contribution in [0.3, 0.4) is 0 Å². The number of aromatic nitrogens is 1. The van der Waals surface area contributed by atoms with Crippen molar-refractivity contribution in [1.82, 2.24) is 4.98 Å². The molecule has 1 aromatic heterocycles. The predicted molar refractivity (Wildman–Crippen MR) is 70.5 cm³/mol. The second-order valence-electron chi connectivity index (χ2n) is 4.38. The van der Waals surface area contributed by atoms with Gasteiger partial charge in [0.1, 0.15) is 0 Å². The topological polar surface area (TPSA) is 82.0 Å². The molecule has 0 spiro atoms. The molecule has 0 aliphatic heterocycles. The molecule has 1 heterocycles. The van der Waals surface area contributed by atoms with Crippen LogP contribution in [0.2, 0.25) is 0 Å². The third-order valence-electron chi connectivity index (χ3n) is 2.94. The number of hydrogen-bond donors (Lipinski definition) is 1. The van der Waals surface area contributed by atoms with Gasteiger partial charge in [-0.25, -0.2) is 0 Å². The number of benzene rings is 1. The molecule has 8 heteroatoms. The molecule has 110 valence electrons. The second kappa shape index (κ2) is 5.04. The first kappa shape index (κ1) is 14.8. The molecular weight excluding hydrogens is 287 g/mol. The van der Waals surface area contributed by atoms with Crippen LogP contribution in [0.5, 0.6) is 0 Å². The van der Waals surface area contributed by atoms with E-state index in [1.54, 1.807) is 0 Å². The van der Waals surface area contributed by atoms with Crippen LogP contribution >= 0.6 is 0 Å². The first-order valence-corrected chi connectivity index (χ1v) is 5.79. The molecule has 0 atom stereocenters. The van der Waals surface area contributed by atoms with E-state index in [0.29, 0.717) is 6.07 Å². The quantitative estimate of drug-likeness (QED) is 0.678. The zero-order chi connectivity index (χ0) is 15.8. The number of hydrogen-bond acceptors (Lipinski definition) is 4. The normalized spacial score (nSPS) is 11.4. The highest BCUT2D eigenvalue weighted by molar-refractivity contribution is 5.80. The van der Waals surface area contributed by atoms with Crippen molar-refractivity contribution in [2.24, 2.45) is 0 Å². The molecule has 0 radical (unpaired) electrons. The van der Waals surface area contributed by atoms with E-state index in [9.17, 15) is 23.3 Å². The van der Waals surface area contributed by atoms with Gasteiger partial charge in [-0.1, -0.05) is 0 Å². The lowest BCUT2D eigenvalue weighted by molar-refractivity contribution is -0.384. The van der Waals surface area contributed by atoms with Gasteiger partial charge in [0.05, 0.1) is 27.4 Å². The first-order valence-electron chi connectivity index (χ1n) is 5.79. The summed E-state index contributed by atoms with van der Waals surface area (Å²) in [6.45, 7) is 1.17. The first-order chi connectivity index (χ1) is 9.71. The maximum absolute atomic E-state index is 13.0. The fourth-order valence-corrected chi connectivity index (χ4v) is 1.98. The molecule has 2 rings (SSSR count). The van der Waals surface area contributed by atoms with Gasteiger partial charge in [0, 0.05) is 12.3 Å². The van der Waals surface area contributed by atoms with Gasteiger partial charge in [0.2, 0.25) is 0 Å². The summed E-state index contributed by atoms with van der Waals surface area (Å²) < 4.78 is 38.9. The van der Waals surface area contributed by atoms with E-state index in [0.717, 1.165) is 6.07 Å². The van der Waals surface area contributed by atoms with Gasteiger partial charge in [0.15, 0.2) is 0 Å². The molecule has 1 aromatic carbocycles. The van der Waals surface area contributed by atoms with E-state index in [2.05, 4.69) is 4.98 Å². The Hall–Kier alpha value is -2.64.